The fourth-order valence-electron chi connectivity index (χ4n) is 8.94. The summed E-state index contributed by atoms with van der Waals surface area (Å²) >= 11 is 1.81. The molecule has 0 unspecified atom stereocenters. The van der Waals surface area contributed by atoms with Crippen molar-refractivity contribution in [1.29, 1.82) is 0 Å². The van der Waals surface area contributed by atoms with Gasteiger partial charge in [0.2, 0.25) is 0 Å². The lowest BCUT2D eigenvalue weighted by Crippen LogP contribution is -2.75. The Bertz CT molecular complexity index is 3220. The Balaban J connectivity index is 1.18. The Morgan fingerprint density at radius 3 is 1.48 bits per heavy atom. The van der Waals surface area contributed by atoms with E-state index in [0.717, 1.165) is 22.1 Å². The van der Waals surface area contributed by atoms with Crippen LogP contribution in [0.2, 0.25) is 0 Å². The van der Waals surface area contributed by atoms with Gasteiger partial charge in [-0.25, -0.2) is 15.0 Å². The van der Waals surface area contributed by atoms with Crippen molar-refractivity contribution >= 4 is 71.1 Å². The molecule has 0 atom stereocenters. The van der Waals surface area contributed by atoms with Crippen molar-refractivity contribution in [3.05, 3.63) is 224 Å². The smallest absolute Gasteiger partial charge is 0.180 e. The normalized spacial score (nSPS) is 11.7. The van der Waals surface area contributed by atoms with E-state index in [0.29, 0.717) is 17.5 Å². The lowest BCUT2D eigenvalue weighted by atomic mass is 10.00. The molecule has 282 valence electrons. The second kappa shape index (κ2) is 15.1. The molecule has 0 spiro atoms. The first-order valence-corrected chi connectivity index (χ1v) is 23.1. The molecule has 5 heteroatoms. The first-order valence-electron chi connectivity index (χ1n) is 20.3. The minimum Gasteiger partial charge on any atom is -0.208 e. The van der Waals surface area contributed by atoms with Crippen LogP contribution in [0.5, 0.6) is 0 Å². The summed E-state index contributed by atoms with van der Waals surface area (Å²) < 4.78 is 2.45. The monoisotopic (exact) mass is 799 g/mol. The quantitative estimate of drug-likeness (QED) is 0.113. The van der Waals surface area contributed by atoms with Crippen LogP contribution >= 0.6 is 11.3 Å². The molecule has 0 fully saturated rings. The van der Waals surface area contributed by atoms with Crippen molar-refractivity contribution in [3.8, 4) is 45.3 Å². The SMILES string of the molecule is c1ccc(-c2ccc3cc(-c4nc(-c5ccccc5[Si](c5ccccc5)(c5ccccc5)c5ccccc5)nc(-c5cccc6sc7ccccc7c56)n4)ccc3c2)cc1. The third-order valence-corrected chi connectivity index (χ3v) is 17.7. The molecule has 11 aromatic rings. The Morgan fingerprint density at radius 2 is 0.817 bits per heavy atom. The fraction of sp³-hybridized carbons (Fsp3) is 0. The summed E-state index contributed by atoms with van der Waals surface area (Å²) in [6, 6.07) is 80.8. The molecule has 60 heavy (non-hydrogen) atoms. The van der Waals surface area contributed by atoms with Gasteiger partial charge in [0.05, 0.1) is 0 Å². The van der Waals surface area contributed by atoms with E-state index in [9.17, 15) is 0 Å². The second-order valence-electron chi connectivity index (χ2n) is 15.1. The predicted octanol–water partition coefficient (Wildman–Crippen LogP) is 11.4. The average Bonchev–Trinajstić information content (AvgIpc) is 3.72. The maximum atomic E-state index is 5.50. The van der Waals surface area contributed by atoms with Gasteiger partial charge in [0.25, 0.3) is 0 Å². The summed E-state index contributed by atoms with van der Waals surface area (Å²) in [4.78, 5) is 16.3. The van der Waals surface area contributed by atoms with E-state index in [4.69, 9.17) is 15.0 Å². The molecule has 2 heterocycles. The number of aromatic nitrogens is 3. The van der Waals surface area contributed by atoms with Crippen molar-refractivity contribution in [1.82, 2.24) is 15.0 Å². The van der Waals surface area contributed by atoms with Gasteiger partial charge in [0.1, 0.15) is 0 Å². The molecule has 11 rings (SSSR count). The standard InChI is InChI=1S/C55H37N3SSi/c1-5-18-38(19-6-1)39-32-33-41-37-42(35-34-40(41)36-39)53-56-54(58-55(57-53)48-28-17-30-50-52(48)46-26-13-15-29-49(46)59-50)47-27-14-16-31-51(47)60(43-20-7-2-8-21-43,44-22-9-3-10-23-44)45-24-11-4-12-25-45/h1-37H. The Morgan fingerprint density at radius 1 is 0.333 bits per heavy atom. The molecule has 2 aromatic heterocycles. The van der Waals surface area contributed by atoms with E-state index in [1.807, 2.05) is 0 Å². The van der Waals surface area contributed by atoms with E-state index in [1.54, 1.807) is 11.3 Å². The van der Waals surface area contributed by atoms with Gasteiger partial charge in [-0.1, -0.05) is 200 Å². The summed E-state index contributed by atoms with van der Waals surface area (Å²) in [6.07, 6.45) is 0. The zero-order valence-electron chi connectivity index (χ0n) is 32.6. The fourth-order valence-corrected chi connectivity index (χ4v) is 15.0. The summed E-state index contributed by atoms with van der Waals surface area (Å²) in [5.41, 5.74) is 5.33. The van der Waals surface area contributed by atoms with Gasteiger partial charge in [0.15, 0.2) is 25.5 Å². The number of nitrogens with zero attached hydrogens (tertiary/aromatic N) is 3. The number of fused-ring (bicyclic) bond motifs is 4. The molecule has 3 nitrogen and oxygen atoms in total. The molecule has 0 bridgehead atoms. The lowest BCUT2D eigenvalue weighted by Gasteiger charge is -2.35. The van der Waals surface area contributed by atoms with E-state index >= 15 is 0 Å². The molecular formula is C55H37N3SSi. The first-order chi connectivity index (χ1) is 29.7. The third-order valence-electron chi connectivity index (χ3n) is 11.7. The van der Waals surface area contributed by atoms with Crippen LogP contribution < -0.4 is 20.7 Å². The summed E-state index contributed by atoms with van der Waals surface area (Å²) in [5, 5.41) is 9.78. The van der Waals surface area contributed by atoms with Crippen LogP contribution in [0.3, 0.4) is 0 Å². The highest BCUT2D eigenvalue weighted by Crippen LogP contribution is 2.40. The van der Waals surface area contributed by atoms with Gasteiger partial charge in [-0.3, -0.25) is 0 Å². The van der Waals surface area contributed by atoms with Gasteiger partial charge in [-0.15, -0.1) is 11.3 Å². The number of benzene rings is 9. The summed E-state index contributed by atoms with van der Waals surface area (Å²) in [7, 11) is -2.96. The molecule has 0 saturated carbocycles. The molecule has 0 amide bonds. The van der Waals surface area contributed by atoms with Crippen LogP contribution in [-0.2, 0) is 0 Å². The lowest BCUT2D eigenvalue weighted by molar-refractivity contribution is 1.08. The summed E-state index contributed by atoms with van der Waals surface area (Å²) in [5.74, 6) is 1.95. The average molecular weight is 800 g/mol. The Labute approximate surface area is 354 Å². The van der Waals surface area contributed by atoms with Gasteiger partial charge in [-0.05, 0) is 66.9 Å². The number of thiophene rings is 1. The molecule has 0 aliphatic carbocycles. The van der Waals surface area contributed by atoms with Gasteiger partial charge < -0.3 is 0 Å². The maximum absolute atomic E-state index is 5.50. The van der Waals surface area contributed by atoms with Gasteiger partial charge >= 0.3 is 0 Å². The van der Waals surface area contributed by atoms with Crippen LogP contribution in [-0.4, -0.2) is 23.0 Å². The van der Waals surface area contributed by atoms with Gasteiger partial charge in [0, 0.05) is 36.9 Å². The molecule has 0 saturated heterocycles. The topological polar surface area (TPSA) is 38.7 Å². The van der Waals surface area contributed by atoms with Crippen LogP contribution in [0.4, 0.5) is 0 Å². The van der Waals surface area contributed by atoms with E-state index in [1.165, 1.54) is 57.4 Å². The number of hydrogen-bond acceptors (Lipinski definition) is 4. The minimum absolute atomic E-state index is 0.641. The zero-order chi connectivity index (χ0) is 39.9. The van der Waals surface area contributed by atoms with Crippen molar-refractivity contribution < 1.29 is 0 Å². The highest BCUT2D eigenvalue weighted by atomic mass is 32.1. The van der Waals surface area contributed by atoms with Crippen LogP contribution in [0.1, 0.15) is 0 Å². The molecule has 0 N–H and O–H groups in total. The molecule has 9 aromatic carbocycles. The first kappa shape index (κ1) is 35.8. The third kappa shape index (κ3) is 6.15. The summed E-state index contributed by atoms with van der Waals surface area (Å²) in [6.45, 7) is 0. The highest BCUT2D eigenvalue weighted by molar-refractivity contribution is 7.26. The number of rotatable bonds is 8. The molecular weight excluding hydrogens is 763 g/mol. The van der Waals surface area contributed by atoms with Crippen LogP contribution in [0, 0.1) is 0 Å². The second-order valence-corrected chi connectivity index (χ2v) is 20.0. The Kier molecular flexibility index (Phi) is 9.03. The maximum Gasteiger partial charge on any atom is 0.180 e. The minimum atomic E-state index is -2.96. The van der Waals surface area contributed by atoms with Crippen molar-refractivity contribution in [3.63, 3.8) is 0 Å². The van der Waals surface area contributed by atoms with Crippen LogP contribution in [0.25, 0.3) is 76.2 Å². The van der Waals surface area contributed by atoms with Crippen LogP contribution in [0.15, 0.2) is 224 Å². The zero-order valence-corrected chi connectivity index (χ0v) is 34.4. The molecule has 0 aliphatic rings. The molecule has 0 radical (unpaired) electrons. The predicted molar refractivity (Wildman–Crippen MR) is 256 cm³/mol. The highest BCUT2D eigenvalue weighted by Gasteiger charge is 2.43. The van der Waals surface area contributed by atoms with Crippen molar-refractivity contribution in [2.45, 2.75) is 0 Å². The number of hydrogen-bond donors (Lipinski definition) is 0. The van der Waals surface area contributed by atoms with Crippen molar-refractivity contribution in [2.24, 2.45) is 0 Å². The largest absolute Gasteiger partial charge is 0.208 e. The van der Waals surface area contributed by atoms with Gasteiger partial charge in [-0.2, -0.15) is 0 Å². The van der Waals surface area contributed by atoms with E-state index in [2.05, 4.69) is 224 Å². The van der Waals surface area contributed by atoms with E-state index < -0.39 is 8.07 Å². The Hall–Kier alpha value is -7.31. The molecule has 0 aliphatic heterocycles. The van der Waals surface area contributed by atoms with E-state index in [-0.39, 0.29) is 0 Å². The van der Waals surface area contributed by atoms with Crippen molar-refractivity contribution in [2.75, 3.05) is 0 Å².